The minimum atomic E-state index is -0.807. The molecule has 0 radical (unpaired) electrons. The number of fused-ring (bicyclic) bond motifs is 2. The van der Waals surface area contributed by atoms with Crippen molar-refractivity contribution in [1.82, 2.24) is 14.5 Å². The van der Waals surface area contributed by atoms with E-state index in [4.69, 9.17) is 9.47 Å². The van der Waals surface area contributed by atoms with E-state index in [0.717, 1.165) is 44.0 Å². The molecule has 2 bridgehead atoms. The topological polar surface area (TPSA) is 59.8 Å². The molecule has 0 spiro atoms. The second-order valence-corrected chi connectivity index (χ2v) is 8.19. The highest BCUT2D eigenvalue weighted by molar-refractivity contribution is 5.28. The third-order valence-corrected chi connectivity index (χ3v) is 6.35. The summed E-state index contributed by atoms with van der Waals surface area (Å²) in [5.41, 5.74) is 0.438. The van der Waals surface area contributed by atoms with E-state index in [9.17, 15) is 5.11 Å². The lowest BCUT2D eigenvalue weighted by Crippen LogP contribution is -2.58. The van der Waals surface area contributed by atoms with Gasteiger partial charge in [0.15, 0.2) is 0 Å². The van der Waals surface area contributed by atoms with Crippen molar-refractivity contribution in [3.8, 4) is 5.75 Å². The predicted molar refractivity (Wildman–Crippen MR) is 107 cm³/mol. The van der Waals surface area contributed by atoms with E-state index in [0.29, 0.717) is 13.2 Å². The molecule has 0 unspecified atom stereocenters. The highest BCUT2D eigenvalue weighted by Gasteiger charge is 2.53. The number of aromatic nitrogens is 2. The normalized spacial score (nSPS) is 27.7. The Morgan fingerprint density at radius 3 is 2.68 bits per heavy atom. The summed E-state index contributed by atoms with van der Waals surface area (Å²) in [5, 5.41) is 11.7. The fourth-order valence-corrected chi connectivity index (χ4v) is 5.02. The van der Waals surface area contributed by atoms with Gasteiger partial charge in [0.05, 0.1) is 6.61 Å². The molecular weight excluding hydrogens is 354 g/mol. The van der Waals surface area contributed by atoms with Gasteiger partial charge < -0.3 is 19.1 Å². The summed E-state index contributed by atoms with van der Waals surface area (Å²) >= 11 is 0. The van der Waals surface area contributed by atoms with E-state index in [1.54, 1.807) is 13.3 Å². The summed E-state index contributed by atoms with van der Waals surface area (Å²) in [6.07, 6.45) is 7.03. The fraction of sp³-hybridized carbons (Fsp3) is 0.591. The van der Waals surface area contributed by atoms with Crippen LogP contribution in [-0.2, 0) is 23.9 Å². The van der Waals surface area contributed by atoms with Gasteiger partial charge in [-0.3, -0.25) is 4.90 Å². The van der Waals surface area contributed by atoms with Crippen LogP contribution in [0.1, 0.15) is 30.7 Å². The second kappa shape index (κ2) is 8.23. The first-order chi connectivity index (χ1) is 13.6. The Bertz CT molecular complexity index is 777. The number of rotatable bonds is 7. The first-order valence-corrected chi connectivity index (χ1v) is 10.2. The molecule has 6 heteroatoms. The Morgan fingerprint density at radius 2 is 2.00 bits per heavy atom. The van der Waals surface area contributed by atoms with Gasteiger partial charge in [-0.05, 0) is 30.5 Å². The standard InChI is InChI=1S/C22H31N3O3/c1-24-10-9-23-21(24)22(26)18-6-4-7-19(22)16-25(15-18)14-17-5-3-8-20(13-17)28-12-11-27-2/h3,5,8-10,13,18-19,26H,4,6-7,11-12,14-16H2,1-2H3/t18-,19-/m0/s1. The maximum absolute atomic E-state index is 11.7. The molecule has 0 amide bonds. The summed E-state index contributed by atoms with van der Waals surface area (Å²) in [6, 6.07) is 8.31. The van der Waals surface area contributed by atoms with E-state index in [-0.39, 0.29) is 11.8 Å². The predicted octanol–water partition coefficient (Wildman–Crippen LogP) is 2.57. The van der Waals surface area contributed by atoms with Crippen LogP contribution in [0.15, 0.2) is 36.7 Å². The molecule has 6 nitrogen and oxygen atoms in total. The van der Waals surface area contributed by atoms with E-state index in [1.807, 2.05) is 29.9 Å². The Labute approximate surface area is 167 Å². The molecule has 1 aliphatic heterocycles. The van der Waals surface area contributed by atoms with Crippen molar-refractivity contribution in [2.24, 2.45) is 18.9 Å². The Balaban J connectivity index is 1.46. The van der Waals surface area contributed by atoms with Crippen molar-refractivity contribution in [2.45, 2.75) is 31.4 Å². The number of imidazole rings is 1. The molecule has 2 fully saturated rings. The van der Waals surface area contributed by atoms with Gasteiger partial charge in [-0.15, -0.1) is 0 Å². The molecule has 2 aliphatic rings. The van der Waals surface area contributed by atoms with Gasteiger partial charge in [0.1, 0.15) is 23.8 Å². The van der Waals surface area contributed by atoms with Crippen molar-refractivity contribution >= 4 is 0 Å². The average molecular weight is 386 g/mol. The third-order valence-electron chi connectivity index (χ3n) is 6.35. The molecule has 1 saturated heterocycles. The van der Waals surface area contributed by atoms with Crippen molar-refractivity contribution in [3.05, 3.63) is 48.0 Å². The van der Waals surface area contributed by atoms with Crippen LogP contribution in [0.5, 0.6) is 5.75 Å². The first kappa shape index (κ1) is 19.4. The fourth-order valence-electron chi connectivity index (χ4n) is 5.02. The van der Waals surface area contributed by atoms with Gasteiger partial charge in [-0.2, -0.15) is 0 Å². The van der Waals surface area contributed by atoms with Crippen LogP contribution in [0.2, 0.25) is 0 Å². The van der Waals surface area contributed by atoms with Crippen LogP contribution in [-0.4, -0.2) is 53.0 Å². The zero-order valence-corrected chi connectivity index (χ0v) is 16.9. The highest BCUT2D eigenvalue weighted by Crippen LogP contribution is 2.48. The monoisotopic (exact) mass is 385 g/mol. The SMILES string of the molecule is COCCOc1cccc(CN2C[C@@H]3CCC[C@@H](C2)C3(O)c2nccn2C)c1. The average Bonchev–Trinajstić information content (AvgIpc) is 3.10. The van der Waals surface area contributed by atoms with Crippen LogP contribution in [0.4, 0.5) is 0 Å². The van der Waals surface area contributed by atoms with Crippen LogP contribution >= 0.6 is 0 Å². The number of hydrogen-bond acceptors (Lipinski definition) is 5. The molecule has 152 valence electrons. The molecule has 1 aliphatic carbocycles. The maximum Gasteiger partial charge on any atom is 0.141 e. The van der Waals surface area contributed by atoms with Crippen molar-refractivity contribution in [1.29, 1.82) is 0 Å². The summed E-state index contributed by atoms with van der Waals surface area (Å²) in [4.78, 5) is 7.00. The number of piperidine rings is 1. The Hall–Kier alpha value is -1.89. The molecule has 2 aromatic rings. The maximum atomic E-state index is 11.7. The van der Waals surface area contributed by atoms with Gasteiger partial charge in [-0.1, -0.05) is 18.6 Å². The van der Waals surface area contributed by atoms with Crippen LogP contribution in [0.25, 0.3) is 0 Å². The van der Waals surface area contributed by atoms with Crippen molar-refractivity contribution in [2.75, 3.05) is 33.4 Å². The van der Waals surface area contributed by atoms with Gasteiger partial charge in [0, 0.05) is 58.0 Å². The van der Waals surface area contributed by atoms with Crippen LogP contribution < -0.4 is 4.74 Å². The molecule has 1 saturated carbocycles. The van der Waals surface area contributed by atoms with Gasteiger partial charge in [-0.25, -0.2) is 4.98 Å². The quantitative estimate of drug-likeness (QED) is 0.743. The summed E-state index contributed by atoms with van der Waals surface area (Å²) in [6.45, 7) is 3.82. The lowest BCUT2D eigenvalue weighted by molar-refractivity contribution is -0.155. The second-order valence-electron chi connectivity index (χ2n) is 8.19. The molecule has 1 aromatic heterocycles. The molecule has 4 rings (SSSR count). The number of aliphatic hydroxyl groups is 1. The van der Waals surface area contributed by atoms with Gasteiger partial charge in [0.25, 0.3) is 0 Å². The van der Waals surface area contributed by atoms with Crippen LogP contribution in [0.3, 0.4) is 0 Å². The van der Waals surface area contributed by atoms with Gasteiger partial charge >= 0.3 is 0 Å². The van der Waals surface area contributed by atoms with Crippen LogP contribution in [0, 0.1) is 11.8 Å². The highest BCUT2D eigenvalue weighted by atomic mass is 16.5. The molecule has 2 atom stereocenters. The molecule has 1 N–H and O–H groups in total. The number of methoxy groups -OCH3 is 1. The molecule has 1 aromatic carbocycles. The number of ether oxygens (including phenoxy) is 2. The largest absolute Gasteiger partial charge is 0.491 e. The molecule has 2 heterocycles. The van der Waals surface area contributed by atoms with E-state index in [1.165, 1.54) is 12.0 Å². The van der Waals surface area contributed by atoms with Crippen molar-refractivity contribution in [3.63, 3.8) is 0 Å². The minimum Gasteiger partial charge on any atom is -0.491 e. The van der Waals surface area contributed by atoms with E-state index >= 15 is 0 Å². The number of aryl methyl sites for hydroxylation is 1. The van der Waals surface area contributed by atoms with Crippen molar-refractivity contribution < 1.29 is 14.6 Å². The lowest BCUT2D eigenvalue weighted by Gasteiger charge is -2.52. The summed E-state index contributed by atoms with van der Waals surface area (Å²) in [7, 11) is 3.66. The minimum absolute atomic E-state index is 0.224. The number of benzene rings is 1. The van der Waals surface area contributed by atoms with Gasteiger partial charge in [0.2, 0.25) is 0 Å². The number of nitrogens with zero attached hydrogens (tertiary/aromatic N) is 3. The number of hydrogen-bond donors (Lipinski definition) is 1. The molecular formula is C22H31N3O3. The Kier molecular flexibility index (Phi) is 5.71. The zero-order chi connectivity index (χ0) is 19.6. The zero-order valence-electron chi connectivity index (χ0n) is 16.9. The van der Waals surface area contributed by atoms with E-state index in [2.05, 4.69) is 22.0 Å². The summed E-state index contributed by atoms with van der Waals surface area (Å²) in [5.74, 6) is 2.16. The molecule has 28 heavy (non-hydrogen) atoms. The Morgan fingerprint density at radius 1 is 1.21 bits per heavy atom. The van der Waals surface area contributed by atoms with E-state index < -0.39 is 5.60 Å². The smallest absolute Gasteiger partial charge is 0.141 e. The third kappa shape index (κ3) is 3.69. The number of likely N-dealkylation sites (tertiary alicyclic amines) is 1. The summed E-state index contributed by atoms with van der Waals surface area (Å²) < 4.78 is 12.8. The lowest BCUT2D eigenvalue weighted by atomic mass is 9.65. The first-order valence-electron chi connectivity index (χ1n) is 10.2.